The first-order chi connectivity index (χ1) is 12.1. The first-order valence-electron chi connectivity index (χ1n) is 7.86. The summed E-state index contributed by atoms with van der Waals surface area (Å²) < 4.78 is 32.3. The van der Waals surface area contributed by atoms with Crippen molar-refractivity contribution >= 4 is 10.0 Å². The molecule has 0 atom stereocenters. The van der Waals surface area contributed by atoms with E-state index in [0.29, 0.717) is 5.75 Å². The average Bonchev–Trinajstić information content (AvgIpc) is 2.67. The van der Waals surface area contributed by atoms with E-state index < -0.39 is 10.0 Å². The second-order valence-corrected chi connectivity index (χ2v) is 7.33. The zero-order valence-electron chi connectivity index (χ0n) is 13.8. The smallest absolute Gasteiger partial charge is 0.240 e. The Morgan fingerprint density at radius 2 is 1.40 bits per heavy atom. The Morgan fingerprint density at radius 3 is 2.00 bits per heavy atom. The van der Waals surface area contributed by atoms with Crippen molar-refractivity contribution in [1.82, 2.24) is 4.72 Å². The normalized spacial score (nSPS) is 11.2. The molecule has 0 saturated heterocycles. The van der Waals surface area contributed by atoms with Crippen LogP contribution in [0.2, 0.25) is 0 Å². The summed E-state index contributed by atoms with van der Waals surface area (Å²) in [4.78, 5) is 0.217. The molecule has 0 saturated carbocycles. The molecule has 25 heavy (non-hydrogen) atoms. The summed E-state index contributed by atoms with van der Waals surface area (Å²) in [6, 6.07) is 24.2. The molecule has 1 N–H and O–H groups in total. The minimum Gasteiger partial charge on any atom is -0.497 e. The van der Waals surface area contributed by atoms with Gasteiger partial charge in [-0.3, -0.25) is 0 Å². The molecule has 0 spiro atoms. The van der Waals surface area contributed by atoms with Gasteiger partial charge in [-0.1, -0.05) is 54.6 Å². The molecule has 0 aromatic heterocycles. The van der Waals surface area contributed by atoms with Gasteiger partial charge in [0, 0.05) is 6.54 Å². The van der Waals surface area contributed by atoms with E-state index in [4.69, 9.17) is 4.74 Å². The number of benzene rings is 3. The van der Waals surface area contributed by atoms with Crippen LogP contribution in [0.15, 0.2) is 83.8 Å². The van der Waals surface area contributed by atoms with Crippen LogP contribution in [0.1, 0.15) is 5.56 Å². The number of sulfonamides is 1. The first kappa shape index (κ1) is 17.2. The third kappa shape index (κ3) is 4.26. The summed E-state index contributed by atoms with van der Waals surface area (Å²) in [7, 11) is -2.01. The van der Waals surface area contributed by atoms with Gasteiger partial charge in [-0.2, -0.15) is 0 Å². The van der Waals surface area contributed by atoms with Gasteiger partial charge in [-0.05, 0) is 41.0 Å². The van der Waals surface area contributed by atoms with Crippen LogP contribution >= 0.6 is 0 Å². The van der Waals surface area contributed by atoms with Gasteiger partial charge in [0.15, 0.2) is 0 Å². The molecule has 0 heterocycles. The van der Waals surface area contributed by atoms with Gasteiger partial charge >= 0.3 is 0 Å². The average molecular weight is 353 g/mol. The lowest BCUT2D eigenvalue weighted by Crippen LogP contribution is -2.23. The minimum absolute atomic E-state index is 0.217. The number of hydrogen-bond donors (Lipinski definition) is 1. The fourth-order valence-electron chi connectivity index (χ4n) is 2.46. The molecular weight excluding hydrogens is 334 g/mol. The van der Waals surface area contributed by atoms with E-state index in [9.17, 15) is 8.42 Å². The van der Waals surface area contributed by atoms with Crippen molar-refractivity contribution in [2.24, 2.45) is 0 Å². The second kappa shape index (κ2) is 7.51. The van der Waals surface area contributed by atoms with Crippen molar-refractivity contribution in [1.29, 1.82) is 0 Å². The van der Waals surface area contributed by atoms with Gasteiger partial charge in [0.05, 0.1) is 12.0 Å². The van der Waals surface area contributed by atoms with Crippen molar-refractivity contribution in [3.63, 3.8) is 0 Å². The molecule has 0 aliphatic carbocycles. The highest BCUT2D eigenvalue weighted by Gasteiger charge is 2.13. The van der Waals surface area contributed by atoms with E-state index in [0.717, 1.165) is 16.7 Å². The first-order valence-corrected chi connectivity index (χ1v) is 9.35. The van der Waals surface area contributed by atoms with Crippen LogP contribution in [0, 0.1) is 0 Å². The van der Waals surface area contributed by atoms with Crippen molar-refractivity contribution in [2.75, 3.05) is 7.11 Å². The summed E-state index contributed by atoms with van der Waals surface area (Å²) >= 11 is 0. The van der Waals surface area contributed by atoms with E-state index in [1.165, 1.54) is 12.1 Å². The highest BCUT2D eigenvalue weighted by Crippen LogP contribution is 2.20. The summed E-state index contributed by atoms with van der Waals surface area (Å²) in [6.07, 6.45) is 0. The predicted molar refractivity (Wildman–Crippen MR) is 98.9 cm³/mol. The number of nitrogens with one attached hydrogen (secondary N) is 1. The second-order valence-electron chi connectivity index (χ2n) is 5.56. The van der Waals surface area contributed by atoms with E-state index >= 15 is 0 Å². The zero-order valence-corrected chi connectivity index (χ0v) is 14.7. The Hall–Kier alpha value is -2.63. The maximum atomic E-state index is 12.3. The third-order valence-electron chi connectivity index (χ3n) is 3.90. The summed E-state index contributed by atoms with van der Waals surface area (Å²) in [5.41, 5.74) is 3.13. The van der Waals surface area contributed by atoms with Crippen molar-refractivity contribution in [3.05, 3.63) is 84.4 Å². The van der Waals surface area contributed by atoms with Crippen LogP contribution in [0.3, 0.4) is 0 Å². The number of methoxy groups -OCH3 is 1. The Labute approximate surface area is 148 Å². The van der Waals surface area contributed by atoms with Gasteiger partial charge in [-0.15, -0.1) is 0 Å². The van der Waals surface area contributed by atoms with Crippen LogP contribution < -0.4 is 9.46 Å². The van der Waals surface area contributed by atoms with Crippen LogP contribution in [0.25, 0.3) is 11.1 Å². The highest BCUT2D eigenvalue weighted by atomic mass is 32.2. The molecular formula is C20H19NO3S. The highest BCUT2D eigenvalue weighted by molar-refractivity contribution is 7.89. The molecule has 0 aliphatic rings. The molecule has 0 unspecified atom stereocenters. The van der Waals surface area contributed by atoms with Gasteiger partial charge in [0.1, 0.15) is 5.75 Å². The quantitative estimate of drug-likeness (QED) is 0.732. The Morgan fingerprint density at radius 1 is 0.800 bits per heavy atom. The maximum absolute atomic E-state index is 12.3. The number of hydrogen-bond acceptors (Lipinski definition) is 3. The molecule has 0 bridgehead atoms. The molecule has 5 heteroatoms. The summed E-state index contributed by atoms with van der Waals surface area (Å²) in [6.45, 7) is 0.240. The summed E-state index contributed by atoms with van der Waals surface area (Å²) in [5, 5.41) is 0. The maximum Gasteiger partial charge on any atom is 0.240 e. The molecule has 0 aliphatic heterocycles. The zero-order chi connectivity index (χ0) is 17.7. The van der Waals surface area contributed by atoms with Gasteiger partial charge in [0.25, 0.3) is 0 Å². The molecule has 0 amide bonds. The van der Waals surface area contributed by atoms with E-state index in [2.05, 4.69) is 4.72 Å². The molecule has 4 nitrogen and oxygen atoms in total. The Kier molecular flexibility index (Phi) is 5.16. The Balaban J connectivity index is 1.68. The van der Waals surface area contributed by atoms with Gasteiger partial charge < -0.3 is 4.74 Å². The molecule has 3 aromatic carbocycles. The fourth-order valence-corrected chi connectivity index (χ4v) is 3.48. The lowest BCUT2D eigenvalue weighted by Gasteiger charge is -2.08. The van der Waals surface area contributed by atoms with Crippen LogP contribution in [-0.2, 0) is 16.6 Å². The molecule has 0 fully saturated rings. The SMILES string of the molecule is COc1ccc(S(=O)(=O)NCc2ccc(-c3ccccc3)cc2)cc1. The topological polar surface area (TPSA) is 55.4 Å². The van der Waals surface area contributed by atoms with Crippen LogP contribution in [0.4, 0.5) is 0 Å². The third-order valence-corrected chi connectivity index (χ3v) is 5.31. The number of rotatable bonds is 6. The number of ether oxygens (including phenoxy) is 1. The van der Waals surface area contributed by atoms with E-state index in [-0.39, 0.29) is 11.4 Å². The lowest BCUT2D eigenvalue weighted by atomic mass is 10.0. The molecule has 0 radical (unpaired) electrons. The van der Waals surface area contributed by atoms with Crippen LogP contribution in [-0.4, -0.2) is 15.5 Å². The van der Waals surface area contributed by atoms with Crippen molar-refractivity contribution in [3.8, 4) is 16.9 Å². The van der Waals surface area contributed by atoms with Crippen LogP contribution in [0.5, 0.6) is 5.75 Å². The van der Waals surface area contributed by atoms with Gasteiger partial charge in [-0.25, -0.2) is 13.1 Å². The lowest BCUT2D eigenvalue weighted by molar-refractivity contribution is 0.414. The van der Waals surface area contributed by atoms with E-state index in [1.807, 2.05) is 54.6 Å². The monoisotopic (exact) mass is 353 g/mol. The predicted octanol–water partition coefficient (Wildman–Crippen LogP) is 3.84. The van der Waals surface area contributed by atoms with Crippen molar-refractivity contribution in [2.45, 2.75) is 11.4 Å². The van der Waals surface area contributed by atoms with Gasteiger partial charge in [0.2, 0.25) is 10.0 Å². The fraction of sp³-hybridized carbons (Fsp3) is 0.100. The molecule has 3 aromatic rings. The largest absolute Gasteiger partial charge is 0.497 e. The molecule has 128 valence electrons. The summed E-state index contributed by atoms with van der Waals surface area (Å²) in [5.74, 6) is 0.621. The van der Waals surface area contributed by atoms with E-state index in [1.54, 1.807) is 19.2 Å². The van der Waals surface area contributed by atoms with Crippen molar-refractivity contribution < 1.29 is 13.2 Å². The Bertz CT molecular complexity index is 919. The molecule has 3 rings (SSSR count). The minimum atomic E-state index is -3.55. The standard InChI is InChI=1S/C20H19NO3S/c1-24-19-11-13-20(14-12-19)25(22,23)21-15-16-7-9-18(10-8-16)17-5-3-2-4-6-17/h2-14,21H,15H2,1H3.